The van der Waals surface area contributed by atoms with Crippen LogP contribution < -0.4 is 5.32 Å². The van der Waals surface area contributed by atoms with E-state index in [0.29, 0.717) is 43.4 Å². The highest BCUT2D eigenvalue weighted by atomic mass is 16.3. The van der Waals surface area contributed by atoms with Crippen molar-refractivity contribution in [3.63, 3.8) is 0 Å². The van der Waals surface area contributed by atoms with Gasteiger partial charge in [0.15, 0.2) is 0 Å². The van der Waals surface area contributed by atoms with Gasteiger partial charge in [-0.15, -0.1) is 0 Å². The average molecular weight is 344 g/mol. The third-order valence-electron chi connectivity index (χ3n) is 4.37. The van der Waals surface area contributed by atoms with Gasteiger partial charge in [0, 0.05) is 25.7 Å². The fourth-order valence-electron chi connectivity index (χ4n) is 3.08. The molecule has 134 valence electrons. The molecule has 25 heavy (non-hydrogen) atoms. The number of furan rings is 1. The Bertz CT molecular complexity index is 748. The normalized spacial score (nSPS) is 16.8. The third kappa shape index (κ3) is 3.75. The predicted molar refractivity (Wildman–Crippen MR) is 91.7 cm³/mol. The molecule has 3 heterocycles. The van der Waals surface area contributed by atoms with Crippen LogP contribution in [0, 0.1) is 5.92 Å². The lowest BCUT2D eigenvalue weighted by molar-refractivity contribution is -0.135. The molecule has 0 saturated carbocycles. The fraction of sp³-hybridized carbons (Fsp3) is 0.500. The molecule has 0 spiro atoms. The summed E-state index contributed by atoms with van der Waals surface area (Å²) in [6.07, 6.45) is 3.86. The number of carbonyl (C=O) groups is 2. The van der Waals surface area contributed by atoms with Gasteiger partial charge in [-0.3, -0.25) is 9.59 Å². The van der Waals surface area contributed by atoms with E-state index in [4.69, 9.17) is 4.42 Å². The van der Waals surface area contributed by atoms with Crippen molar-refractivity contribution in [1.82, 2.24) is 19.8 Å². The lowest BCUT2D eigenvalue weighted by Crippen LogP contribution is -2.41. The quantitative estimate of drug-likeness (QED) is 0.903. The highest BCUT2D eigenvalue weighted by Gasteiger charge is 2.30. The van der Waals surface area contributed by atoms with E-state index >= 15 is 0 Å². The molecule has 0 fully saturated rings. The summed E-state index contributed by atoms with van der Waals surface area (Å²) in [5, 5.41) is 2.80. The van der Waals surface area contributed by atoms with Gasteiger partial charge >= 0.3 is 0 Å². The van der Waals surface area contributed by atoms with E-state index < -0.39 is 0 Å². The van der Waals surface area contributed by atoms with Crippen molar-refractivity contribution in [1.29, 1.82) is 0 Å². The molecule has 2 aromatic rings. The maximum Gasteiger partial charge on any atom is 0.271 e. The summed E-state index contributed by atoms with van der Waals surface area (Å²) in [6.45, 7) is 7.65. The molecule has 1 N–H and O–H groups in total. The molecular weight excluding hydrogens is 320 g/mol. The minimum atomic E-state index is -0.245. The zero-order chi connectivity index (χ0) is 18.0. The van der Waals surface area contributed by atoms with E-state index in [9.17, 15) is 9.59 Å². The van der Waals surface area contributed by atoms with Gasteiger partial charge < -0.3 is 19.2 Å². The molecule has 2 amide bonds. The minimum Gasteiger partial charge on any atom is -0.467 e. The second-order valence-electron chi connectivity index (χ2n) is 6.80. The van der Waals surface area contributed by atoms with E-state index in [1.165, 1.54) is 0 Å². The molecule has 0 unspecified atom stereocenters. The van der Waals surface area contributed by atoms with Crippen molar-refractivity contribution in [2.24, 2.45) is 5.92 Å². The summed E-state index contributed by atoms with van der Waals surface area (Å²) < 4.78 is 7.17. The molecule has 0 bridgehead atoms. The van der Waals surface area contributed by atoms with Crippen LogP contribution in [0.1, 0.15) is 55.3 Å². The summed E-state index contributed by atoms with van der Waals surface area (Å²) >= 11 is 0. The zero-order valence-corrected chi connectivity index (χ0v) is 14.9. The van der Waals surface area contributed by atoms with Crippen LogP contribution in [0.4, 0.5) is 0 Å². The van der Waals surface area contributed by atoms with Crippen LogP contribution >= 0.6 is 0 Å². The van der Waals surface area contributed by atoms with Gasteiger partial charge in [0.2, 0.25) is 5.91 Å². The Hall–Kier alpha value is -2.57. The largest absolute Gasteiger partial charge is 0.467 e. The van der Waals surface area contributed by atoms with E-state index in [1.807, 2.05) is 30.2 Å². The predicted octanol–water partition coefficient (Wildman–Crippen LogP) is 2.36. The maximum atomic E-state index is 12.4. The summed E-state index contributed by atoms with van der Waals surface area (Å²) in [6, 6.07) is 3.45. The van der Waals surface area contributed by atoms with Crippen molar-refractivity contribution in [3.05, 3.63) is 41.9 Å². The molecule has 0 radical (unpaired) electrons. The molecule has 0 saturated heterocycles. The molecule has 1 atom stereocenters. The molecule has 2 aromatic heterocycles. The van der Waals surface area contributed by atoms with Crippen LogP contribution in [0.15, 0.2) is 29.0 Å². The number of amides is 2. The average Bonchev–Trinajstić information content (AvgIpc) is 3.21. The standard InChI is InChI=1S/C18H24N4O3/c1-12(2)9-16(23)22-7-6-21-11-15(20-17(21)13(22)3)18(24)19-10-14-5-4-8-25-14/h4-5,8,11-13H,6-7,9-10H2,1-3H3,(H,19,24)/t13-/m1/s1. The Labute approximate surface area is 147 Å². The first-order chi connectivity index (χ1) is 12.0. The SMILES string of the molecule is CC(C)CC(=O)N1CCn2cc(C(=O)NCc3ccco3)nc2[C@H]1C. The number of carbonyl (C=O) groups excluding carboxylic acids is 2. The second-order valence-corrected chi connectivity index (χ2v) is 6.80. The lowest BCUT2D eigenvalue weighted by Gasteiger charge is -2.34. The summed E-state index contributed by atoms with van der Waals surface area (Å²) in [5.74, 6) is 1.66. The van der Waals surface area contributed by atoms with E-state index in [2.05, 4.69) is 10.3 Å². The van der Waals surface area contributed by atoms with Crippen molar-refractivity contribution < 1.29 is 14.0 Å². The lowest BCUT2D eigenvalue weighted by atomic mass is 10.1. The summed E-state index contributed by atoms with van der Waals surface area (Å²) in [7, 11) is 0. The summed E-state index contributed by atoms with van der Waals surface area (Å²) in [4.78, 5) is 31.0. The van der Waals surface area contributed by atoms with Crippen LogP contribution in [0.2, 0.25) is 0 Å². The van der Waals surface area contributed by atoms with E-state index in [1.54, 1.807) is 24.6 Å². The molecule has 1 aliphatic rings. The number of fused-ring (bicyclic) bond motifs is 1. The fourth-order valence-corrected chi connectivity index (χ4v) is 3.08. The maximum absolute atomic E-state index is 12.4. The Kier molecular flexibility index (Phi) is 4.92. The van der Waals surface area contributed by atoms with Crippen LogP contribution in [0.5, 0.6) is 0 Å². The van der Waals surface area contributed by atoms with Crippen molar-refractivity contribution in [2.75, 3.05) is 6.54 Å². The van der Waals surface area contributed by atoms with Crippen molar-refractivity contribution in [2.45, 2.75) is 46.3 Å². The Morgan fingerprint density at radius 3 is 2.88 bits per heavy atom. The van der Waals surface area contributed by atoms with Crippen LogP contribution in [0.3, 0.4) is 0 Å². The molecule has 0 aliphatic carbocycles. The Balaban J connectivity index is 1.69. The monoisotopic (exact) mass is 344 g/mol. The van der Waals surface area contributed by atoms with Gasteiger partial charge in [-0.05, 0) is 25.0 Å². The number of rotatable bonds is 5. The van der Waals surface area contributed by atoms with Gasteiger partial charge in [0.1, 0.15) is 17.3 Å². The number of hydrogen-bond donors (Lipinski definition) is 1. The number of aromatic nitrogens is 2. The Morgan fingerprint density at radius 1 is 1.40 bits per heavy atom. The van der Waals surface area contributed by atoms with E-state index in [0.717, 1.165) is 5.82 Å². The van der Waals surface area contributed by atoms with Crippen LogP contribution in [0.25, 0.3) is 0 Å². The first kappa shape index (κ1) is 17.3. The first-order valence-corrected chi connectivity index (χ1v) is 8.63. The molecule has 7 nitrogen and oxygen atoms in total. The van der Waals surface area contributed by atoms with Crippen LogP contribution in [-0.4, -0.2) is 32.8 Å². The van der Waals surface area contributed by atoms with Gasteiger partial charge in [-0.1, -0.05) is 13.8 Å². The third-order valence-corrected chi connectivity index (χ3v) is 4.37. The molecule has 3 rings (SSSR count). The second kappa shape index (κ2) is 7.13. The number of nitrogens with one attached hydrogen (secondary N) is 1. The van der Waals surface area contributed by atoms with E-state index in [-0.39, 0.29) is 17.9 Å². The topological polar surface area (TPSA) is 80.4 Å². The molecule has 0 aromatic carbocycles. The van der Waals surface area contributed by atoms with Crippen LogP contribution in [-0.2, 0) is 17.9 Å². The molecular formula is C18H24N4O3. The molecule has 1 aliphatic heterocycles. The zero-order valence-electron chi connectivity index (χ0n) is 14.9. The number of imidazole rings is 1. The highest BCUT2D eigenvalue weighted by Crippen LogP contribution is 2.26. The van der Waals surface area contributed by atoms with Gasteiger partial charge in [0.25, 0.3) is 5.91 Å². The summed E-state index contributed by atoms with van der Waals surface area (Å²) in [5.41, 5.74) is 0.367. The molecule has 7 heteroatoms. The van der Waals surface area contributed by atoms with Gasteiger partial charge in [-0.25, -0.2) is 4.98 Å². The minimum absolute atomic E-state index is 0.133. The number of hydrogen-bond acceptors (Lipinski definition) is 4. The van der Waals surface area contributed by atoms with Gasteiger partial charge in [0.05, 0.1) is 18.8 Å². The number of nitrogens with zero attached hydrogens (tertiary/aromatic N) is 3. The van der Waals surface area contributed by atoms with Gasteiger partial charge in [-0.2, -0.15) is 0 Å². The Morgan fingerprint density at radius 2 is 2.20 bits per heavy atom. The van der Waals surface area contributed by atoms with Crippen molar-refractivity contribution >= 4 is 11.8 Å². The smallest absolute Gasteiger partial charge is 0.271 e. The highest BCUT2D eigenvalue weighted by molar-refractivity contribution is 5.92. The van der Waals surface area contributed by atoms with Crippen molar-refractivity contribution in [3.8, 4) is 0 Å². The first-order valence-electron chi connectivity index (χ1n) is 8.63.